The number of aromatic nitrogens is 1. The lowest BCUT2D eigenvalue weighted by Gasteiger charge is -2.29. The van der Waals surface area contributed by atoms with Crippen LogP contribution < -0.4 is 0 Å². The molecule has 3 heteroatoms. The molecular weight excluding hydrogens is 200 g/mol. The van der Waals surface area contributed by atoms with E-state index in [1.165, 1.54) is 0 Å². The lowest BCUT2D eigenvalue weighted by Crippen LogP contribution is -2.31. The van der Waals surface area contributed by atoms with Gasteiger partial charge in [-0.2, -0.15) is 5.26 Å². The Morgan fingerprint density at radius 3 is 2.75 bits per heavy atom. The van der Waals surface area contributed by atoms with Crippen molar-refractivity contribution in [3.8, 4) is 6.07 Å². The average Bonchev–Trinajstić information content (AvgIpc) is 2.31. The molecule has 1 rings (SSSR count). The van der Waals surface area contributed by atoms with Crippen LogP contribution in [0.4, 0.5) is 0 Å². The predicted molar refractivity (Wildman–Crippen MR) is 61.7 cm³/mol. The minimum Gasteiger partial charge on any atom is -0.303 e. The van der Waals surface area contributed by atoms with Crippen molar-refractivity contribution in [2.45, 2.75) is 32.1 Å². The second-order valence-electron chi connectivity index (χ2n) is 4.16. The highest BCUT2D eigenvalue weighted by atomic mass is 16.1. The first kappa shape index (κ1) is 12.4. The molecule has 0 fully saturated rings. The van der Waals surface area contributed by atoms with Gasteiger partial charge in [-0.25, -0.2) is 0 Å². The lowest BCUT2D eigenvalue weighted by atomic mass is 9.72. The van der Waals surface area contributed by atoms with Crippen molar-refractivity contribution in [3.05, 3.63) is 30.1 Å². The number of nitriles is 1. The SMILES string of the molecule is CC(C)C(C#N)(CCC=O)c1ccccn1. The van der Waals surface area contributed by atoms with E-state index in [0.29, 0.717) is 12.8 Å². The van der Waals surface area contributed by atoms with Gasteiger partial charge in [-0.15, -0.1) is 0 Å². The topological polar surface area (TPSA) is 53.8 Å². The summed E-state index contributed by atoms with van der Waals surface area (Å²) < 4.78 is 0. The fraction of sp³-hybridized carbons (Fsp3) is 0.462. The van der Waals surface area contributed by atoms with E-state index in [1.54, 1.807) is 6.20 Å². The first-order valence-electron chi connectivity index (χ1n) is 5.43. The van der Waals surface area contributed by atoms with Crippen LogP contribution in [0.1, 0.15) is 32.4 Å². The molecule has 84 valence electrons. The van der Waals surface area contributed by atoms with Gasteiger partial charge < -0.3 is 4.79 Å². The lowest BCUT2D eigenvalue weighted by molar-refractivity contribution is -0.108. The zero-order valence-corrected chi connectivity index (χ0v) is 9.68. The molecule has 0 bridgehead atoms. The maximum absolute atomic E-state index is 10.5. The second kappa shape index (κ2) is 5.41. The van der Waals surface area contributed by atoms with Crippen molar-refractivity contribution in [2.24, 2.45) is 5.92 Å². The highest BCUT2D eigenvalue weighted by molar-refractivity contribution is 5.50. The number of rotatable bonds is 5. The molecule has 0 aliphatic rings. The van der Waals surface area contributed by atoms with Crippen LogP contribution in [0.25, 0.3) is 0 Å². The van der Waals surface area contributed by atoms with Crippen LogP contribution in [-0.2, 0) is 10.2 Å². The molecule has 0 aromatic carbocycles. The summed E-state index contributed by atoms with van der Waals surface area (Å²) in [5, 5.41) is 9.42. The molecule has 0 aliphatic heterocycles. The van der Waals surface area contributed by atoms with Gasteiger partial charge in [0.15, 0.2) is 0 Å². The number of carbonyl (C=O) groups excluding carboxylic acids is 1. The number of pyridine rings is 1. The van der Waals surface area contributed by atoms with E-state index in [0.717, 1.165) is 12.0 Å². The van der Waals surface area contributed by atoms with Crippen molar-refractivity contribution in [1.29, 1.82) is 5.26 Å². The van der Waals surface area contributed by atoms with Gasteiger partial charge in [0.1, 0.15) is 11.7 Å². The van der Waals surface area contributed by atoms with Crippen LogP contribution in [0.3, 0.4) is 0 Å². The van der Waals surface area contributed by atoms with E-state index in [9.17, 15) is 10.1 Å². The van der Waals surface area contributed by atoms with Gasteiger partial charge in [0.05, 0.1) is 11.8 Å². The molecule has 0 spiro atoms. The monoisotopic (exact) mass is 216 g/mol. The van der Waals surface area contributed by atoms with Crippen LogP contribution in [0.2, 0.25) is 0 Å². The van der Waals surface area contributed by atoms with Crippen molar-refractivity contribution in [2.75, 3.05) is 0 Å². The summed E-state index contributed by atoms with van der Waals surface area (Å²) >= 11 is 0. The maximum atomic E-state index is 10.5. The first-order valence-corrected chi connectivity index (χ1v) is 5.43. The summed E-state index contributed by atoms with van der Waals surface area (Å²) in [6, 6.07) is 7.90. The molecular formula is C13H16N2O. The number of nitrogens with zero attached hydrogens (tertiary/aromatic N) is 2. The van der Waals surface area contributed by atoms with Crippen LogP contribution in [0.15, 0.2) is 24.4 Å². The zero-order valence-electron chi connectivity index (χ0n) is 9.68. The largest absolute Gasteiger partial charge is 0.303 e. The van der Waals surface area contributed by atoms with Gasteiger partial charge in [0.2, 0.25) is 0 Å². The first-order chi connectivity index (χ1) is 7.67. The minimum absolute atomic E-state index is 0.132. The molecule has 1 aromatic rings. The van der Waals surface area contributed by atoms with Crippen molar-refractivity contribution in [3.63, 3.8) is 0 Å². The second-order valence-corrected chi connectivity index (χ2v) is 4.16. The van der Waals surface area contributed by atoms with Gasteiger partial charge in [0, 0.05) is 12.6 Å². The summed E-state index contributed by atoms with van der Waals surface area (Å²) in [5.41, 5.74) is 0.108. The number of hydrogen-bond acceptors (Lipinski definition) is 3. The third kappa shape index (κ3) is 2.27. The van der Waals surface area contributed by atoms with Gasteiger partial charge in [-0.3, -0.25) is 4.98 Å². The molecule has 1 unspecified atom stereocenters. The summed E-state index contributed by atoms with van der Waals surface area (Å²) in [6.45, 7) is 3.98. The van der Waals surface area contributed by atoms with E-state index < -0.39 is 5.41 Å². The standard InChI is InChI=1S/C13H16N2O/c1-11(2)13(10-14,7-5-9-16)12-6-3-4-8-15-12/h3-4,6,8-9,11H,5,7H2,1-2H3. The van der Waals surface area contributed by atoms with Crippen LogP contribution in [0, 0.1) is 17.2 Å². The van der Waals surface area contributed by atoms with E-state index in [4.69, 9.17) is 0 Å². The molecule has 0 radical (unpaired) electrons. The Balaban J connectivity index is 3.13. The summed E-state index contributed by atoms with van der Waals surface area (Å²) in [7, 11) is 0. The molecule has 0 aliphatic carbocycles. The van der Waals surface area contributed by atoms with Crippen molar-refractivity contribution >= 4 is 6.29 Å². The molecule has 0 saturated carbocycles. The Labute approximate surface area is 96.1 Å². The molecule has 1 aromatic heterocycles. The minimum atomic E-state index is -0.651. The smallest absolute Gasteiger partial charge is 0.120 e. The number of hydrogen-bond donors (Lipinski definition) is 0. The molecule has 0 N–H and O–H groups in total. The third-order valence-electron chi connectivity index (χ3n) is 2.96. The molecule has 0 amide bonds. The highest BCUT2D eigenvalue weighted by Crippen LogP contribution is 2.34. The van der Waals surface area contributed by atoms with Gasteiger partial charge in [0.25, 0.3) is 0 Å². The molecule has 0 saturated heterocycles. The number of carbonyl (C=O) groups is 1. The summed E-state index contributed by atoms with van der Waals surface area (Å²) in [6.07, 6.45) is 3.46. The molecule has 1 heterocycles. The highest BCUT2D eigenvalue weighted by Gasteiger charge is 2.36. The molecule has 16 heavy (non-hydrogen) atoms. The van der Waals surface area contributed by atoms with Gasteiger partial charge >= 0.3 is 0 Å². The zero-order chi connectivity index (χ0) is 12.0. The van der Waals surface area contributed by atoms with Gasteiger partial charge in [-0.1, -0.05) is 19.9 Å². The predicted octanol–water partition coefficient (Wildman–Crippen LogP) is 2.48. The summed E-state index contributed by atoms with van der Waals surface area (Å²) in [4.78, 5) is 14.7. The molecule has 1 atom stereocenters. The Morgan fingerprint density at radius 2 is 2.31 bits per heavy atom. The fourth-order valence-electron chi connectivity index (χ4n) is 1.87. The van der Waals surface area contributed by atoms with E-state index >= 15 is 0 Å². The number of aldehydes is 1. The Morgan fingerprint density at radius 1 is 1.56 bits per heavy atom. The van der Waals surface area contributed by atoms with Crippen LogP contribution in [-0.4, -0.2) is 11.3 Å². The third-order valence-corrected chi connectivity index (χ3v) is 2.96. The fourth-order valence-corrected chi connectivity index (χ4v) is 1.87. The van der Waals surface area contributed by atoms with Gasteiger partial charge in [-0.05, 0) is 24.5 Å². The van der Waals surface area contributed by atoms with E-state index in [2.05, 4.69) is 11.1 Å². The quantitative estimate of drug-likeness (QED) is 0.710. The summed E-state index contributed by atoms with van der Waals surface area (Å²) in [5.74, 6) is 0.132. The Bertz CT molecular complexity index is 381. The normalized spacial score (nSPS) is 14.1. The average molecular weight is 216 g/mol. The van der Waals surface area contributed by atoms with Crippen molar-refractivity contribution in [1.82, 2.24) is 4.98 Å². The van der Waals surface area contributed by atoms with Crippen LogP contribution in [0.5, 0.6) is 0 Å². The Hall–Kier alpha value is -1.69. The van der Waals surface area contributed by atoms with E-state index in [-0.39, 0.29) is 5.92 Å². The maximum Gasteiger partial charge on any atom is 0.120 e. The molecule has 3 nitrogen and oxygen atoms in total. The van der Waals surface area contributed by atoms with Crippen LogP contribution >= 0.6 is 0 Å². The van der Waals surface area contributed by atoms with Crippen molar-refractivity contribution < 1.29 is 4.79 Å². The Kier molecular flexibility index (Phi) is 4.19. The van der Waals surface area contributed by atoms with E-state index in [1.807, 2.05) is 32.0 Å².